The quantitative estimate of drug-likeness (QED) is 0.866. The van der Waals surface area contributed by atoms with Crippen molar-refractivity contribution >= 4 is 6.03 Å². The number of hydrogen-bond acceptors (Lipinski definition) is 3. The standard InChI is InChI=1S/C22H33N3O2/c26-21(25-14-9-22(10-15-25)11-16-27-22)23-17-20-7-4-12-24(18-20)13-8-19-5-2-1-3-6-19/h1-3,5-6,20H,4,7-18H2,(H,23,26)/t20-/m0/s1. The molecule has 0 aromatic heterocycles. The summed E-state index contributed by atoms with van der Waals surface area (Å²) in [6.45, 7) is 6.77. The van der Waals surface area contributed by atoms with E-state index < -0.39 is 0 Å². The number of nitrogens with one attached hydrogen (secondary N) is 1. The second-order valence-corrected chi connectivity index (χ2v) is 8.50. The van der Waals surface area contributed by atoms with Gasteiger partial charge in [-0.2, -0.15) is 0 Å². The highest BCUT2D eigenvalue weighted by Crippen LogP contribution is 2.36. The van der Waals surface area contributed by atoms with E-state index in [1.807, 2.05) is 4.90 Å². The first-order valence-corrected chi connectivity index (χ1v) is 10.7. The number of carbonyl (C=O) groups excluding carboxylic acids is 1. The summed E-state index contributed by atoms with van der Waals surface area (Å²) in [4.78, 5) is 17.0. The van der Waals surface area contributed by atoms with Gasteiger partial charge in [0.25, 0.3) is 0 Å². The van der Waals surface area contributed by atoms with Gasteiger partial charge in [0.15, 0.2) is 0 Å². The molecule has 0 radical (unpaired) electrons. The number of rotatable bonds is 5. The van der Waals surface area contributed by atoms with Crippen LogP contribution in [0.4, 0.5) is 4.79 Å². The van der Waals surface area contributed by atoms with Crippen LogP contribution in [0.5, 0.6) is 0 Å². The highest BCUT2D eigenvalue weighted by molar-refractivity contribution is 5.74. The van der Waals surface area contributed by atoms with Crippen LogP contribution in [0.25, 0.3) is 0 Å². The minimum absolute atomic E-state index is 0.111. The van der Waals surface area contributed by atoms with Crippen LogP contribution in [0.2, 0.25) is 0 Å². The Morgan fingerprint density at radius 3 is 2.63 bits per heavy atom. The first kappa shape index (κ1) is 18.8. The summed E-state index contributed by atoms with van der Waals surface area (Å²) >= 11 is 0. The Hall–Kier alpha value is -1.59. The van der Waals surface area contributed by atoms with Crippen LogP contribution in [0.3, 0.4) is 0 Å². The Morgan fingerprint density at radius 2 is 1.93 bits per heavy atom. The van der Waals surface area contributed by atoms with Crippen molar-refractivity contribution in [2.45, 2.75) is 44.1 Å². The maximum Gasteiger partial charge on any atom is 0.317 e. The van der Waals surface area contributed by atoms with Crippen molar-refractivity contribution in [2.24, 2.45) is 5.92 Å². The van der Waals surface area contributed by atoms with Gasteiger partial charge in [-0.1, -0.05) is 30.3 Å². The van der Waals surface area contributed by atoms with Crippen LogP contribution in [-0.4, -0.2) is 67.3 Å². The molecule has 4 rings (SSSR count). The Morgan fingerprint density at radius 1 is 1.15 bits per heavy atom. The molecule has 27 heavy (non-hydrogen) atoms. The first-order valence-electron chi connectivity index (χ1n) is 10.7. The van der Waals surface area contributed by atoms with Gasteiger partial charge in [-0.05, 0) is 56.6 Å². The Labute approximate surface area is 163 Å². The molecule has 1 atom stereocenters. The number of likely N-dealkylation sites (tertiary alicyclic amines) is 2. The van der Waals surface area contributed by atoms with Crippen LogP contribution >= 0.6 is 0 Å². The monoisotopic (exact) mass is 371 g/mol. The number of ether oxygens (including phenoxy) is 1. The van der Waals surface area contributed by atoms with Gasteiger partial charge < -0.3 is 19.9 Å². The van der Waals surface area contributed by atoms with Crippen LogP contribution in [0.1, 0.15) is 37.7 Å². The number of benzene rings is 1. The highest BCUT2D eigenvalue weighted by Gasteiger charge is 2.41. The third-order valence-electron chi connectivity index (χ3n) is 6.63. The van der Waals surface area contributed by atoms with Gasteiger partial charge in [-0.15, -0.1) is 0 Å². The number of amides is 2. The maximum atomic E-state index is 12.5. The fourth-order valence-corrected chi connectivity index (χ4v) is 4.70. The van der Waals surface area contributed by atoms with Crippen LogP contribution in [0.15, 0.2) is 30.3 Å². The van der Waals surface area contributed by atoms with E-state index in [1.165, 1.54) is 31.4 Å². The molecule has 0 unspecified atom stereocenters. The van der Waals surface area contributed by atoms with Crippen molar-refractivity contribution in [3.63, 3.8) is 0 Å². The molecule has 3 heterocycles. The number of carbonyl (C=O) groups is 1. The molecule has 3 aliphatic heterocycles. The number of hydrogen-bond donors (Lipinski definition) is 1. The fourth-order valence-electron chi connectivity index (χ4n) is 4.70. The van der Waals surface area contributed by atoms with Crippen LogP contribution in [-0.2, 0) is 11.2 Å². The molecule has 1 aromatic rings. The lowest BCUT2D eigenvalue weighted by Crippen LogP contribution is -2.55. The molecule has 3 fully saturated rings. The molecule has 1 N–H and O–H groups in total. The van der Waals surface area contributed by atoms with Gasteiger partial charge >= 0.3 is 6.03 Å². The summed E-state index contributed by atoms with van der Waals surface area (Å²) in [5.74, 6) is 0.574. The van der Waals surface area contributed by atoms with Gasteiger partial charge in [0.05, 0.1) is 12.2 Å². The van der Waals surface area contributed by atoms with Crippen molar-refractivity contribution in [3.05, 3.63) is 35.9 Å². The molecule has 0 bridgehead atoms. The Kier molecular flexibility index (Phi) is 5.98. The van der Waals surface area contributed by atoms with E-state index in [1.54, 1.807) is 0 Å². The van der Waals surface area contributed by atoms with E-state index in [4.69, 9.17) is 4.74 Å². The SMILES string of the molecule is O=C(NC[C@@H]1CCCN(CCc2ccccc2)C1)N1CCC2(CCO2)CC1. The summed E-state index contributed by atoms with van der Waals surface area (Å²) in [7, 11) is 0. The van der Waals surface area contributed by atoms with Crippen molar-refractivity contribution in [3.8, 4) is 0 Å². The Balaban J connectivity index is 1.16. The molecule has 1 aromatic carbocycles. The van der Waals surface area contributed by atoms with Crippen LogP contribution < -0.4 is 5.32 Å². The Bertz CT molecular complexity index is 607. The zero-order valence-corrected chi connectivity index (χ0v) is 16.4. The zero-order valence-electron chi connectivity index (χ0n) is 16.4. The lowest BCUT2D eigenvalue weighted by Gasteiger charge is -2.47. The van der Waals surface area contributed by atoms with Crippen molar-refractivity contribution < 1.29 is 9.53 Å². The fraction of sp³-hybridized carbons (Fsp3) is 0.682. The maximum absolute atomic E-state index is 12.5. The van der Waals surface area contributed by atoms with E-state index >= 15 is 0 Å². The van der Waals surface area contributed by atoms with Gasteiger partial charge in [0.1, 0.15) is 0 Å². The molecule has 2 amide bonds. The van der Waals surface area contributed by atoms with E-state index in [-0.39, 0.29) is 11.6 Å². The summed E-state index contributed by atoms with van der Waals surface area (Å²) in [5, 5.41) is 3.20. The largest absolute Gasteiger partial charge is 0.375 e. The number of piperidine rings is 2. The summed E-state index contributed by atoms with van der Waals surface area (Å²) in [6.07, 6.45) is 6.73. The topological polar surface area (TPSA) is 44.8 Å². The first-order chi connectivity index (χ1) is 13.2. The number of urea groups is 1. The van der Waals surface area contributed by atoms with Gasteiger partial charge in [0.2, 0.25) is 0 Å². The molecule has 0 saturated carbocycles. The molecular weight excluding hydrogens is 338 g/mol. The average molecular weight is 372 g/mol. The third kappa shape index (κ3) is 4.82. The van der Waals surface area contributed by atoms with Crippen molar-refractivity contribution in [2.75, 3.05) is 45.9 Å². The van der Waals surface area contributed by atoms with Crippen LogP contribution in [0, 0.1) is 5.92 Å². The minimum atomic E-state index is 0.111. The predicted octanol–water partition coefficient (Wildman–Crippen LogP) is 2.91. The minimum Gasteiger partial charge on any atom is -0.375 e. The molecule has 5 nitrogen and oxygen atoms in total. The van der Waals surface area contributed by atoms with E-state index in [2.05, 4.69) is 40.5 Å². The van der Waals surface area contributed by atoms with Crippen molar-refractivity contribution in [1.82, 2.24) is 15.1 Å². The average Bonchev–Trinajstić information content (AvgIpc) is 2.70. The second kappa shape index (κ2) is 8.61. The highest BCUT2D eigenvalue weighted by atomic mass is 16.5. The third-order valence-corrected chi connectivity index (χ3v) is 6.63. The van der Waals surface area contributed by atoms with Crippen molar-refractivity contribution in [1.29, 1.82) is 0 Å². The lowest BCUT2D eigenvalue weighted by atomic mass is 9.84. The lowest BCUT2D eigenvalue weighted by molar-refractivity contribution is -0.169. The smallest absolute Gasteiger partial charge is 0.317 e. The molecule has 5 heteroatoms. The molecule has 1 spiro atoms. The normalized spacial score (nSPS) is 25.2. The number of nitrogens with zero attached hydrogens (tertiary/aromatic N) is 2. The summed E-state index contributed by atoms with van der Waals surface area (Å²) < 4.78 is 5.75. The predicted molar refractivity (Wildman–Crippen MR) is 107 cm³/mol. The molecule has 3 aliphatic rings. The van der Waals surface area contributed by atoms with E-state index in [0.29, 0.717) is 5.92 Å². The summed E-state index contributed by atoms with van der Waals surface area (Å²) in [5.41, 5.74) is 1.52. The molecule has 0 aliphatic carbocycles. The zero-order chi connectivity index (χ0) is 18.5. The van der Waals surface area contributed by atoms with Gasteiger partial charge in [0, 0.05) is 32.7 Å². The molecule has 3 saturated heterocycles. The molecular formula is C22H33N3O2. The summed E-state index contributed by atoms with van der Waals surface area (Å²) in [6, 6.07) is 10.8. The van der Waals surface area contributed by atoms with E-state index in [9.17, 15) is 4.79 Å². The van der Waals surface area contributed by atoms with E-state index in [0.717, 1.165) is 58.6 Å². The van der Waals surface area contributed by atoms with Gasteiger partial charge in [-0.3, -0.25) is 0 Å². The van der Waals surface area contributed by atoms with Gasteiger partial charge in [-0.25, -0.2) is 4.79 Å². The molecule has 148 valence electrons. The second-order valence-electron chi connectivity index (χ2n) is 8.50.